The minimum absolute atomic E-state index is 0.0308. The lowest BCUT2D eigenvalue weighted by Gasteiger charge is -2.30. The van der Waals surface area contributed by atoms with E-state index in [9.17, 15) is 9.18 Å². The second-order valence-electron chi connectivity index (χ2n) is 5.25. The molecule has 0 amide bonds. The Morgan fingerprint density at radius 2 is 2.10 bits per heavy atom. The molecule has 2 aromatic heterocycles. The Bertz CT molecular complexity index is 647. The number of alkyl halides is 1. The van der Waals surface area contributed by atoms with Crippen LogP contribution in [0.5, 0.6) is 0 Å². The van der Waals surface area contributed by atoms with Crippen LogP contribution in [0.3, 0.4) is 0 Å². The SMILES string of the molecule is O=c1cc(C2CCN(CCF)CC2)nc2ccccn12. The zero-order chi connectivity index (χ0) is 13.9. The van der Waals surface area contributed by atoms with E-state index in [1.54, 1.807) is 16.7 Å². The van der Waals surface area contributed by atoms with Crippen molar-refractivity contribution in [1.29, 1.82) is 0 Å². The predicted octanol–water partition coefficient (Wildman–Crippen LogP) is 1.84. The summed E-state index contributed by atoms with van der Waals surface area (Å²) >= 11 is 0. The topological polar surface area (TPSA) is 37.6 Å². The molecule has 0 bridgehead atoms. The van der Waals surface area contributed by atoms with Gasteiger partial charge < -0.3 is 4.90 Å². The number of rotatable bonds is 3. The lowest BCUT2D eigenvalue weighted by Crippen LogP contribution is -2.35. The van der Waals surface area contributed by atoms with Gasteiger partial charge in [0.1, 0.15) is 12.3 Å². The number of fused-ring (bicyclic) bond motifs is 1. The first-order valence-electron chi connectivity index (χ1n) is 7.04. The fourth-order valence-electron chi connectivity index (χ4n) is 2.85. The normalized spacial score (nSPS) is 17.6. The number of halogens is 1. The molecule has 0 N–H and O–H groups in total. The first-order valence-corrected chi connectivity index (χ1v) is 7.04. The average molecular weight is 275 g/mol. The standard InChI is InChI=1S/C15H18FN3O/c16-6-10-18-8-4-12(5-9-18)13-11-15(20)19-7-2-1-3-14(19)17-13/h1-3,7,11-12H,4-6,8-10H2. The molecule has 0 saturated carbocycles. The molecule has 20 heavy (non-hydrogen) atoms. The van der Waals surface area contributed by atoms with Crippen molar-refractivity contribution in [1.82, 2.24) is 14.3 Å². The molecule has 3 rings (SSSR count). The fraction of sp³-hybridized carbons (Fsp3) is 0.467. The molecule has 0 atom stereocenters. The third-order valence-electron chi connectivity index (χ3n) is 4.00. The monoisotopic (exact) mass is 275 g/mol. The van der Waals surface area contributed by atoms with Crippen molar-refractivity contribution in [2.75, 3.05) is 26.3 Å². The second-order valence-corrected chi connectivity index (χ2v) is 5.25. The van der Waals surface area contributed by atoms with E-state index in [-0.39, 0.29) is 12.2 Å². The van der Waals surface area contributed by atoms with Gasteiger partial charge in [-0.2, -0.15) is 0 Å². The number of piperidine rings is 1. The van der Waals surface area contributed by atoms with Crippen molar-refractivity contribution in [2.24, 2.45) is 0 Å². The van der Waals surface area contributed by atoms with Crippen LogP contribution >= 0.6 is 0 Å². The zero-order valence-corrected chi connectivity index (χ0v) is 11.3. The van der Waals surface area contributed by atoms with Gasteiger partial charge in [-0.3, -0.25) is 9.20 Å². The molecule has 5 heteroatoms. The number of pyridine rings is 1. The van der Waals surface area contributed by atoms with Crippen LogP contribution in [-0.4, -0.2) is 40.6 Å². The van der Waals surface area contributed by atoms with Crippen LogP contribution in [0.1, 0.15) is 24.5 Å². The van der Waals surface area contributed by atoms with E-state index in [4.69, 9.17) is 0 Å². The van der Waals surface area contributed by atoms with Gasteiger partial charge in [-0.1, -0.05) is 6.07 Å². The van der Waals surface area contributed by atoms with Gasteiger partial charge in [0.2, 0.25) is 0 Å². The zero-order valence-electron chi connectivity index (χ0n) is 11.3. The first-order chi connectivity index (χ1) is 9.78. The number of hydrogen-bond donors (Lipinski definition) is 0. The van der Waals surface area contributed by atoms with Crippen LogP contribution in [0.25, 0.3) is 5.65 Å². The molecular formula is C15H18FN3O. The van der Waals surface area contributed by atoms with Crippen molar-refractivity contribution in [3.8, 4) is 0 Å². The average Bonchev–Trinajstić information content (AvgIpc) is 2.48. The lowest BCUT2D eigenvalue weighted by atomic mass is 9.93. The first kappa shape index (κ1) is 13.2. The summed E-state index contributed by atoms with van der Waals surface area (Å²) in [6.07, 6.45) is 3.61. The van der Waals surface area contributed by atoms with Gasteiger partial charge in [-0.15, -0.1) is 0 Å². The van der Waals surface area contributed by atoms with Crippen LogP contribution in [-0.2, 0) is 0 Å². The Hall–Kier alpha value is -1.75. The van der Waals surface area contributed by atoms with E-state index in [1.807, 2.05) is 18.2 Å². The molecule has 1 fully saturated rings. The minimum atomic E-state index is -0.291. The number of aromatic nitrogens is 2. The predicted molar refractivity (Wildman–Crippen MR) is 75.9 cm³/mol. The fourth-order valence-corrected chi connectivity index (χ4v) is 2.85. The van der Waals surface area contributed by atoms with Crippen LogP contribution in [0.2, 0.25) is 0 Å². The van der Waals surface area contributed by atoms with Crippen molar-refractivity contribution in [3.05, 3.63) is 46.5 Å². The van der Waals surface area contributed by atoms with Gasteiger partial charge in [0, 0.05) is 24.7 Å². The largest absolute Gasteiger partial charge is 0.301 e. The molecule has 1 saturated heterocycles. The number of likely N-dealkylation sites (tertiary alicyclic amines) is 1. The van der Waals surface area contributed by atoms with Gasteiger partial charge in [0.25, 0.3) is 5.56 Å². The Balaban J connectivity index is 1.83. The highest BCUT2D eigenvalue weighted by Gasteiger charge is 2.22. The van der Waals surface area contributed by atoms with Crippen molar-refractivity contribution in [3.63, 3.8) is 0 Å². The Morgan fingerprint density at radius 3 is 2.85 bits per heavy atom. The summed E-state index contributed by atoms with van der Waals surface area (Å²) in [6, 6.07) is 7.20. The lowest BCUT2D eigenvalue weighted by molar-refractivity contribution is 0.196. The van der Waals surface area contributed by atoms with Crippen LogP contribution in [0.4, 0.5) is 4.39 Å². The van der Waals surface area contributed by atoms with E-state index in [0.29, 0.717) is 18.1 Å². The van der Waals surface area contributed by atoms with Gasteiger partial charge in [-0.25, -0.2) is 9.37 Å². The maximum absolute atomic E-state index is 12.3. The van der Waals surface area contributed by atoms with E-state index >= 15 is 0 Å². The van der Waals surface area contributed by atoms with Gasteiger partial charge >= 0.3 is 0 Å². The maximum Gasteiger partial charge on any atom is 0.258 e. The molecule has 1 aliphatic rings. The minimum Gasteiger partial charge on any atom is -0.301 e. The highest BCUT2D eigenvalue weighted by atomic mass is 19.1. The summed E-state index contributed by atoms with van der Waals surface area (Å²) in [6.45, 7) is 1.98. The Labute approximate surface area is 116 Å². The summed E-state index contributed by atoms with van der Waals surface area (Å²) in [4.78, 5) is 18.8. The number of hydrogen-bond acceptors (Lipinski definition) is 3. The third-order valence-corrected chi connectivity index (χ3v) is 4.00. The molecule has 1 aliphatic heterocycles. The van der Waals surface area contributed by atoms with Gasteiger partial charge in [0.15, 0.2) is 0 Å². The summed E-state index contributed by atoms with van der Waals surface area (Å²) in [5, 5.41) is 0. The molecule has 0 aliphatic carbocycles. The van der Waals surface area contributed by atoms with E-state index in [2.05, 4.69) is 9.88 Å². The highest BCUT2D eigenvalue weighted by molar-refractivity contribution is 5.38. The molecular weight excluding hydrogens is 257 g/mol. The molecule has 4 nitrogen and oxygen atoms in total. The maximum atomic E-state index is 12.3. The quantitative estimate of drug-likeness (QED) is 0.858. The van der Waals surface area contributed by atoms with E-state index in [0.717, 1.165) is 31.6 Å². The van der Waals surface area contributed by atoms with Crippen molar-refractivity contribution in [2.45, 2.75) is 18.8 Å². The smallest absolute Gasteiger partial charge is 0.258 e. The van der Waals surface area contributed by atoms with Crippen LogP contribution in [0.15, 0.2) is 35.3 Å². The van der Waals surface area contributed by atoms with Crippen molar-refractivity contribution < 1.29 is 4.39 Å². The summed E-state index contributed by atoms with van der Waals surface area (Å²) < 4.78 is 13.9. The molecule has 0 aromatic carbocycles. The van der Waals surface area contributed by atoms with Crippen molar-refractivity contribution >= 4 is 5.65 Å². The summed E-state index contributed by atoms with van der Waals surface area (Å²) in [5.74, 6) is 0.309. The van der Waals surface area contributed by atoms with Gasteiger partial charge in [-0.05, 0) is 38.1 Å². The molecule has 3 heterocycles. The highest BCUT2D eigenvalue weighted by Crippen LogP contribution is 2.26. The van der Waals surface area contributed by atoms with Crippen LogP contribution in [0, 0.1) is 0 Å². The third kappa shape index (κ3) is 2.58. The van der Waals surface area contributed by atoms with Crippen LogP contribution < -0.4 is 5.56 Å². The van der Waals surface area contributed by atoms with E-state index in [1.165, 1.54) is 0 Å². The molecule has 106 valence electrons. The summed E-state index contributed by atoms with van der Waals surface area (Å²) in [5.41, 5.74) is 1.54. The Kier molecular flexibility index (Phi) is 3.78. The molecule has 0 radical (unpaired) electrons. The molecule has 0 spiro atoms. The summed E-state index contributed by atoms with van der Waals surface area (Å²) in [7, 11) is 0. The number of nitrogens with zero attached hydrogens (tertiary/aromatic N) is 3. The second kappa shape index (κ2) is 5.71. The van der Waals surface area contributed by atoms with Gasteiger partial charge in [0.05, 0.1) is 5.69 Å². The van der Waals surface area contributed by atoms with E-state index < -0.39 is 0 Å². The molecule has 2 aromatic rings. The molecule has 0 unspecified atom stereocenters. The Morgan fingerprint density at radius 1 is 1.30 bits per heavy atom.